The molecular weight excluding hydrogens is 507 g/mol. The fraction of sp³-hybridized carbons (Fsp3) is 0.200. The van der Waals surface area contributed by atoms with Gasteiger partial charge in [-0.2, -0.15) is 5.10 Å². The van der Waals surface area contributed by atoms with Crippen molar-refractivity contribution >= 4 is 33.5 Å². The van der Waals surface area contributed by atoms with Crippen molar-refractivity contribution in [2.24, 2.45) is 5.92 Å². The van der Waals surface area contributed by atoms with Crippen LogP contribution in [0, 0.1) is 11.7 Å². The highest BCUT2D eigenvalue weighted by molar-refractivity contribution is 5.98. The molecule has 0 aliphatic heterocycles. The van der Waals surface area contributed by atoms with E-state index in [0.29, 0.717) is 50.6 Å². The molecule has 198 valence electrons. The normalized spacial score (nSPS) is 14.1. The van der Waals surface area contributed by atoms with Gasteiger partial charge in [-0.1, -0.05) is 25.3 Å². The summed E-state index contributed by atoms with van der Waals surface area (Å²) in [6.45, 7) is 0. The largest absolute Gasteiger partial charge is 0.337 e. The van der Waals surface area contributed by atoms with Crippen LogP contribution in [0.4, 0.5) is 10.1 Å². The van der Waals surface area contributed by atoms with Crippen LogP contribution in [0.15, 0.2) is 67.3 Å². The van der Waals surface area contributed by atoms with E-state index in [-0.39, 0.29) is 17.3 Å². The lowest BCUT2D eigenvalue weighted by Crippen LogP contribution is -2.24. The van der Waals surface area contributed by atoms with Crippen molar-refractivity contribution < 1.29 is 9.18 Å². The predicted molar refractivity (Wildman–Crippen MR) is 151 cm³/mol. The maximum atomic E-state index is 15.3. The van der Waals surface area contributed by atoms with E-state index in [1.807, 2.05) is 36.4 Å². The molecule has 1 amide bonds. The second-order valence-corrected chi connectivity index (χ2v) is 10.1. The Morgan fingerprint density at radius 3 is 2.70 bits per heavy atom. The Bertz CT molecular complexity index is 1860. The van der Waals surface area contributed by atoms with Crippen molar-refractivity contribution in [2.45, 2.75) is 32.1 Å². The van der Waals surface area contributed by atoms with Crippen molar-refractivity contribution in [3.8, 4) is 34.0 Å². The molecule has 5 heterocycles. The number of anilines is 1. The van der Waals surface area contributed by atoms with Crippen LogP contribution < -0.4 is 5.32 Å². The lowest BCUT2D eigenvalue weighted by atomic mass is 9.88. The number of benzene rings is 1. The predicted octanol–water partition coefficient (Wildman–Crippen LogP) is 6.28. The summed E-state index contributed by atoms with van der Waals surface area (Å²) in [6, 6.07) is 12.6. The van der Waals surface area contributed by atoms with Crippen LogP contribution in [0.1, 0.15) is 32.1 Å². The number of carbonyl (C=O) groups excluding carboxylic acids is 1. The van der Waals surface area contributed by atoms with Gasteiger partial charge in [0.05, 0.1) is 23.1 Å². The number of halogens is 1. The number of pyridine rings is 3. The molecule has 10 heteroatoms. The van der Waals surface area contributed by atoms with Crippen LogP contribution in [0.5, 0.6) is 0 Å². The van der Waals surface area contributed by atoms with Crippen LogP contribution >= 0.6 is 0 Å². The van der Waals surface area contributed by atoms with Gasteiger partial charge in [-0.3, -0.25) is 24.8 Å². The smallest absolute Gasteiger partial charge is 0.227 e. The Morgan fingerprint density at radius 1 is 0.950 bits per heavy atom. The average molecular weight is 533 g/mol. The molecule has 0 radical (unpaired) electrons. The number of hydrogen-bond donors (Lipinski definition) is 3. The topological polar surface area (TPSA) is 125 Å². The third-order valence-electron chi connectivity index (χ3n) is 7.47. The van der Waals surface area contributed by atoms with Gasteiger partial charge in [0.25, 0.3) is 0 Å². The molecule has 9 nitrogen and oxygen atoms in total. The number of hydrogen-bond acceptors (Lipinski definition) is 6. The molecular formula is C30H25FN8O. The lowest BCUT2D eigenvalue weighted by Gasteiger charge is -2.20. The molecule has 0 spiro atoms. The summed E-state index contributed by atoms with van der Waals surface area (Å²) in [5.74, 6) is 0.0724. The molecule has 0 bridgehead atoms. The Hall–Kier alpha value is -4.99. The monoisotopic (exact) mass is 532 g/mol. The van der Waals surface area contributed by atoms with Gasteiger partial charge in [0.2, 0.25) is 5.91 Å². The van der Waals surface area contributed by atoms with Gasteiger partial charge in [-0.25, -0.2) is 9.37 Å². The molecule has 1 saturated carbocycles. The summed E-state index contributed by atoms with van der Waals surface area (Å²) < 4.78 is 15.3. The molecule has 6 aromatic rings. The summed E-state index contributed by atoms with van der Waals surface area (Å²) in [4.78, 5) is 34.1. The first-order valence-electron chi connectivity index (χ1n) is 13.3. The van der Waals surface area contributed by atoms with Crippen molar-refractivity contribution in [1.29, 1.82) is 0 Å². The molecule has 0 unspecified atom stereocenters. The van der Waals surface area contributed by atoms with Gasteiger partial charge < -0.3 is 10.3 Å². The van der Waals surface area contributed by atoms with Crippen LogP contribution in [0.2, 0.25) is 0 Å². The van der Waals surface area contributed by atoms with E-state index in [1.54, 1.807) is 24.8 Å². The molecule has 1 aliphatic rings. The zero-order valence-corrected chi connectivity index (χ0v) is 21.5. The summed E-state index contributed by atoms with van der Waals surface area (Å²) in [5, 5.41) is 10.7. The van der Waals surface area contributed by atoms with E-state index >= 15 is 4.39 Å². The van der Waals surface area contributed by atoms with Gasteiger partial charge >= 0.3 is 0 Å². The molecule has 1 fully saturated rings. The zero-order valence-electron chi connectivity index (χ0n) is 21.5. The first-order valence-corrected chi connectivity index (χ1v) is 13.3. The number of amides is 1. The lowest BCUT2D eigenvalue weighted by molar-refractivity contribution is -0.120. The summed E-state index contributed by atoms with van der Waals surface area (Å²) in [7, 11) is 0. The van der Waals surface area contributed by atoms with E-state index in [0.717, 1.165) is 31.2 Å². The third-order valence-corrected chi connectivity index (χ3v) is 7.47. The molecule has 5 aromatic heterocycles. The minimum atomic E-state index is -0.474. The molecule has 0 atom stereocenters. The SMILES string of the molecule is O=C(Nc1cncc(-c2cc(F)c3n[nH]c(-c4nc5c(-c6ccccn6)nccc5[nH]4)c3c2)c1)C1CCCCC1. The number of aromatic nitrogens is 7. The van der Waals surface area contributed by atoms with Crippen molar-refractivity contribution in [3.63, 3.8) is 0 Å². The van der Waals surface area contributed by atoms with Crippen molar-refractivity contribution in [3.05, 3.63) is 73.1 Å². The maximum absolute atomic E-state index is 15.3. The number of nitrogens with zero attached hydrogens (tertiary/aromatic N) is 5. The maximum Gasteiger partial charge on any atom is 0.227 e. The second-order valence-electron chi connectivity index (χ2n) is 10.1. The van der Waals surface area contributed by atoms with Crippen LogP contribution in [-0.4, -0.2) is 41.0 Å². The zero-order chi connectivity index (χ0) is 27.1. The van der Waals surface area contributed by atoms with Gasteiger partial charge in [-0.15, -0.1) is 0 Å². The van der Waals surface area contributed by atoms with Crippen LogP contribution in [0.25, 0.3) is 56.0 Å². The van der Waals surface area contributed by atoms with Gasteiger partial charge in [0, 0.05) is 35.5 Å². The minimum absolute atomic E-state index is 0.0156. The van der Waals surface area contributed by atoms with Gasteiger partial charge in [0.1, 0.15) is 22.4 Å². The summed E-state index contributed by atoms with van der Waals surface area (Å²) in [6.07, 6.45) is 11.8. The molecule has 1 aliphatic carbocycles. The van der Waals surface area contributed by atoms with Crippen LogP contribution in [0.3, 0.4) is 0 Å². The highest BCUT2D eigenvalue weighted by Gasteiger charge is 2.22. The summed E-state index contributed by atoms with van der Waals surface area (Å²) in [5.41, 5.74) is 5.42. The minimum Gasteiger partial charge on any atom is -0.337 e. The fourth-order valence-electron chi connectivity index (χ4n) is 5.44. The summed E-state index contributed by atoms with van der Waals surface area (Å²) >= 11 is 0. The number of H-pyrrole nitrogens is 2. The Kier molecular flexibility index (Phi) is 5.99. The standard InChI is InChI=1S/C30H25FN8O/c31-22-14-18(19-12-20(16-32-15-19)35-30(40)17-6-2-1-3-7-17)13-21-25(22)38-39-26(21)29-36-24-9-11-34-27(28(24)37-29)23-8-4-5-10-33-23/h4-5,8-17H,1-3,6-7H2,(H,35,40)(H,36,37)(H,38,39). The number of aromatic amines is 2. The quantitative estimate of drug-likeness (QED) is 0.240. The molecule has 1 aromatic carbocycles. The second kappa shape index (κ2) is 9.96. The van der Waals surface area contributed by atoms with E-state index in [1.165, 1.54) is 12.5 Å². The van der Waals surface area contributed by atoms with E-state index in [2.05, 4.69) is 35.5 Å². The molecule has 7 rings (SSSR count). The number of carbonyl (C=O) groups is 1. The Balaban J connectivity index is 1.25. The van der Waals surface area contributed by atoms with Gasteiger partial charge in [0.15, 0.2) is 11.6 Å². The molecule has 0 saturated heterocycles. The highest BCUT2D eigenvalue weighted by atomic mass is 19.1. The average Bonchev–Trinajstić information content (AvgIpc) is 3.63. The van der Waals surface area contributed by atoms with Gasteiger partial charge in [-0.05, 0) is 54.8 Å². The Morgan fingerprint density at radius 2 is 1.85 bits per heavy atom. The van der Waals surface area contributed by atoms with Crippen molar-refractivity contribution in [2.75, 3.05) is 5.32 Å². The number of nitrogens with one attached hydrogen (secondary N) is 3. The highest BCUT2D eigenvalue weighted by Crippen LogP contribution is 2.34. The molecule has 40 heavy (non-hydrogen) atoms. The van der Waals surface area contributed by atoms with Crippen molar-refractivity contribution in [1.82, 2.24) is 35.1 Å². The first-order chi connectivity index (χ1) is 19.6. The number of imidazole rings is 1. The first kappa shape index (κ1) is 24.1. The fourth-order valence-corrected chi connectivity index (χ4v) is 5.44. The molecule has 3 N–H and O–H groups in total. The Labute approximate surface area is 228 Å². The van der Waals surface area contributed by atoms with Crippen LogP contribution in [-0.2, 0) is 4.79 Å². The van der Waals surface area contributed by atoms with E-state index < -0.39 is 5.82 Å². The van der Waals surface area contributed by atoms with E-state index in [4.69, 9.17) is 4.98 Å². The van der Waals surface area contributed by atoms with E-state index in [9.17, 15) is 4.79 Å². The number of rotatable bonds is 5. The number of fused-ring (bicyclic) bond motifs is 2. The third kappa shape index (κ3) is 4.37.